The maximum Gasteiger partial charge on any atom is 0.0650 e. The number of aryl methyl sites for hydroxylation is 2. The number of nitrogens with two attached hydrogens (primary N) is 1. The Morgan fingerprint density at radius 3 is 2.73 bits per heavy atom. The number of rotatable bonds is 2. The van der Waals surface area contributed by atoms with Crippen LogP contribution in [0.3, 0.4) is 0 Å². The number of aromatic nitrogens is 1. The zero-order chi connectivity index (χ0) is 11.0. The Hall–Kier alpha value is -0.990. The SMILES string of the molecule is Cc1[nH]c2c(Cl)ccc(C)c2c1CCN. The number of nitrogens with one attached hydrogen (secondary N) is 1. The van der Waals surface area contributed by atoms with Gasteiger partial charge in [0.1, 0.15) is 0 Å². The van der Waals surface area contributed by atoms with Gasteiger partial charge in [0.05, 0.1) is 10.5 Å². The van der Waals surface area contributed by atoms with Crippen molar-refractivity contribution in [3.8, 4) is 0 Å². The lowest BCUT2D eigenvalue weighted by molar-refractivity contribution is 0.962. The smallest absolute Gasteiger partial charge is 0.0650 e. The Balaban J connectivity index is 2.79. The van der Waals surface area contributed by atoms with Crippen LogP contribution in [0.2, 0.25) is 5.02 Å². The minimum atomic E-state index is 0.666. The Labute approximate surface area is 94.4 Å². The van der Waals surface area contributed by atoms with Crippen LogP contribution >= 0.6 is 11.6 Å². The summed E-state index contributed by atoms with van der Waals surface area (Å²) >= 11 is 6.15. The lowest BCUT2D eigenvalue weighted by Crippen LogP contribution is -2.03. The molecule has 0 amide bonds. The molecule has 2 nitrogen and oxygen atoms in total. The van der Waals surface area contributed by atoms with Gasteiger partial charge in [-0.25, -0.2) is 0 Å². The maximum atomic E-state index is 6.15. The predicted octanol–water partition coefficient (Wildman–Crippen LogP) is 2.94. The molecule has 0 aliphatic rings. The summed E-state index contributed by atoms with van der Waals surface area (Å²) in [5.74, 6) is 0. The molecule has 0 spiro atoms. The molecule has 0 fully saturated rings. The summed E-state index contributed by atoms with van der Waals surface area (Å²) in [4.78, 5) is 3.33. The average Bonchev–Trinajstić information content (AvgIpc) is 2.53. The van der Waals surface area contributed by atoms with E-state index in [0.717, 1.165) is 17.0 Å². The van der Waals surface area contributed by atoms with Crippen LogP contribution in [0.4, 0.5) is 0 Å². The predicted molar refractivity (Wildman–Crippen MR) is 65.5 cm³/mol. The number of fused-ring (bicyclic) bond motifs is 1. The molecule has 15 heavy (non-hydrogen) atoms. The summed E-state index contributed by atoms with van der Waals surface area (Å²) < 4.78 is 0. The van der Waals surface area contributed by atoms with Gasteiger partial charge in [0.25, 0.3) is 0 Å². The summed E-state index contributed by atoms with van der Waals surface area (Å²) in [6, 6.07) is 3.99. The summed E-state index contributed by atoms with van der Waals surface area (Å²) in [5, 5.41) is 2.02. The van der Waals surface area contributed by atoms with Crippen molar-refractivity contribution in [3.05, 3.63) is 34.0 Å². The molecule has 2 aromatic rings. The summed E-state index contributed by atoms with van der Waals surface area (Å²) in [7, 11) is 0. The van der Waals surface area contributed by atoms with Gasteiger partial charge in [0.2, 0.25) is 0 Å². The molecule has 3 heteroatoms. The number of hydrogen-bond acceptors (Lipinski definition) is 1. The standard InChI is InChI=1S/C12H15ClN2/c1-7-3-4-10(13)12-11(7)9(5-6-14)8(2)15-12/h3-4,15H,5-6,14H2,1-2H3. The van der Waals surface area contributed by atoms with Crippen LogP contribution in [-0.2, 0) is 6.42 Å². The van der Waals surface area contributed by atoms with Crippen LogP contribution in [0.25, 0.3) is 10.9 Å². The van der Waals surface area contributed by atoms with Crippen LogP contribution in [0.15, 0.2) is 12.1 Å². The van der Waals surface area contributed by atoms with Crippen molar-refractivity contribution in [1.82, 2.24) is 4.98 Å². The van der Waals surface area contributed by atoms with Gasteiger partial charge in [0.15, 0.2) is 0 Å². The van der Waals surface area contributed by atoms with Crippen LogP contribution in [-0.4, -0.2) is 11.5 Å². The van der Waals surface area contributed by atoms with E-state index >= 15 is 0 Å². The third-order valence-corrected chi connectivity index (χ3v) is 3.14. The molecule has 1 aromatic carbocycles. The molecule has 0 atom stereocenters. The molecular formula is C12H15ClN2. The van der Waals surface area contributed by atoms with Gasteiger partial charge in [-0.1, -0.05) is 17.7 Å². The van der Waals surface area contributed by atoms with Crippen molar-refractivity contribution < 1.29 is 0 Å². The van der Waals surface area contributed by atoms with Gasteiger partial charge in [-0.05, 0) is 44.0 Å². The highest BCUT2D eigenvalue weighted by Gasteiger charge is 2.11. The van der Waals surface area contributed by atoms with Gasteiger partial charge in [0, 0.05) is 11.1 Å². The number of benzene rings is 1. The van der Waals surface area contributed by atoms with Crippen LogP contribution in [0.1, 0.15) is 16.8 Å². The number of H-pyrrole nitrogens is 1. The molecule has 1 heterocycles. The van der Waals surface area contributed by atoms with E-state index in [1.54, 1.807) is 0 Å². The first-order valence-electron chi connectivity index (χ1n) is 5.11. The maximum absolute atomic E-state index is 6.15. The van der Waals surface area contributed by atoms with Crippen molar-refractivity contribution in [2.24, 2.45) is 5.73 Å². The second-order valence-corrected chi connectivity index (χ2v) is 4.29. The fourth-order valence-electron chi connectivity index (χ4n) is 2.10. The number of hydrogen-bond donors (Lipinski definition) is 2. The molecule has 0 saturated carbocycles. The van der Waals surface area contributed by atoms with E-state index in [2.05, 4.69) is 24.9 Å². The normalized spacial score (nSPS) is 11.2. The van der Waals surface area contributed by atoms with Gasteiger partial charge < -0.3 is 10.7 Å². The Bertz CT molecular complexity index is 500. The van der Waals surface area contributed by atoms with Crippen LogP contribution < -0.4 is 5.73 Å². The summed E-state index contributed by atoms with van der Waals surface area (Å²) in [5.41, 5.74) is 10.4. The van der Waals surface area contributed by atoms with E-state index in [4.69, 9.17) is 17.3 Å². The molecule has 0 aliphatic carbocycles. The molecular weight excluding hydrogens is 208 g/mol. The molecule has 80 valence electrons. The van der Waals surface area contributed by atoms with E-state index in [1.807, 2.05) is 6.07 Å². The van der Waals surface area contributed by atoms with Crippen molar-refractivity contribution in [2.45, 2.75) is 20.3 Å². The van der Waals surface area contributed by atoms with Gasteiger partial charge in [-0.15, -0.1) is 0 Å². The van der Waals surface area contributed by atoms with E-state index in [1.165, 1.54) is 22.2 Å². The monoisotopic (exact) mass is 222 g/mol. The van der Waals surface area contributed by atoms with Crippen molar-refractivity contribution in [1.29, 1.82) is 0 Å². The van der Waals surface area contributed by atoms with Crippen molar-refractivity contribution in [2.75, 3.05) is 6.54 Å². The molecule has 0 bridgehead atoms. The summed E-state index contributed by atoms with van der Waals surface area (Å²) in [6.45, 7) is 4.84. The zero-order valence-electron chi connectivity index (χ0n) is 9.02. The quantitative estimate of drug-likeness (QED) is 0.806. The van der Waals surface area contributed by atoms with Crippen LogP contribution in [0.5, 0.6) is 0 Å². The topological polar surface area (TPSA) is 41.8 Å². The van der Waals surface area contributed by atoms with E-state index in [0.29, 0.717) is 6.54 Å². The van der Waals surface area contributed by atoms with Crippen molar-refractivity contribution in [3.63, 3.8) is 0 Å². The molecule has 2 rings (SSSR count). The summed E-state index contributed by atoms with van der Waals surface area (Å²) in [6.07, 6.45) is 0.896. The minimum Gasteiger partial charge on any atom is -0.357 e. The highest BCUT2D eigenvalue weighted by molar-refractivity contribution is 6.35. The highest BCUT2D eigenvalue weighted by Crippen LogP contribution is 2.30. The molecule has 0 radical (unpaired) electrons. The lowest BCUT2D eigenvalue weighted by atomic mass is 10.0. The van der Waals surface area contributed by atoms with Gasteiger partial charge in [-0.3, -0.25) is 0 Å². The van der Waals surface area contributed by atoms with Crippen LogP contribution in [0, 0.1) is 13.8 Å². The van der Waals surface area contributed by atoms with Crippen molar-refractivity contribution >= 4 is 22.5 Å². The van der Waals surface area contributed by atoms with E-state index < -0.39 is 0 Å². The lowest BCUT2D eigenvalue weighted by Gasteiger charge is -2.02. The molecule has 3 N–H and O–H groups in total. The van der Waals surface area contributed by atoms with Gasteiger partial charge in [-0.2, -0.15) is 0 Å². The molecule has 1 aromatic heterocycles. The minimum absolute atomic E-state index is 0.666. The molecule has 0 saturated heterocycles. The number of halogens is 1. The largest absolute Gasteiger partial charge is 0.357 e. The fraction of sp³-hybridized carbons (Fsp3) is 0.333. The highest BCUT2D eigenvalue weighted by atomic mass is 35.5. The second-order valence-electron chi connectivity index (χ2n) is 3.88. The second kappa shape index (κ2) is 3.87. The zero-order valence-corrected chi connectivity index (χ0v) is 9.78. The number of aromatic amines is 1. The first kappa shape index (κ1) is 10.5. The fourth-order valence-corrected chi connectivity index (χ4v) is 2.30. The third kappa shape index (κ3) is 1.64. The van der Waals surface area contributed by atoms with E-state index in [-0.39, 0.29) is 0 Å². The first-order chi connectivity index (χ1) is 7.15. The first-order valence-corrected chi connectivity index (χ1v) is 5.49. The third-order valence-electron chi connectivity index (χ3n) is 2.82. The average molecular weight is 223 g/mol. The van der Waals surface area contributed by atoms with E-state index in [9.17, 15) is 0 Å². The van der Waals surface area contributed by atoms with Gasteiger partial charge >= 0.3 is 0 Å². The molecule has 0 unspecified atom stereocenters. The Kier molecular flexibility index (Phi) is 2.72. The molecule has 0 aliphatic heterocycles. The Morgan fingerprint density at radius 1 is 1.33 bits per heavy atom. The Morgan fingerprint density at radius 2 is 2.07 bits per heavy atom.